The second-order valence-electron chi connectivity index (χ2n) is 16.8. The molecule has 60 heavy (non-hydrogen) atoms. The molecule has 12 aromatic rings. The highest BCUT2D eigenvalue weighted by atomic mass is 32.1. The number of benzene rings is 9. The Morgan fingerprint density at radius 2 is 0.767 bits per heavy atom. The molecule has 1 aliphatic rings. The minimum absolute atomic E-state index is 0.163. The summed E-state index contributed by atoms with van der Waals surface area (Å²) in [7, 11) is 0. The fourth-order valence-electron chi connectivity index (χ4n) is 9.99. The molecule has 0 unspecified atom stereocenters. The average Bonchev–Trinajstić information content (AvgIpc) is 4.03. The second-order valence-corrected chi connectivity index (χ2v) is 17.9. The highest BCUT2D eigenvalue weighted by Crippen LogP contribution is 2.55. The van der Waals surface area contributed by atoms with Crippen LogP contribution in [0, 0.1) is 0 Å². The zero-order valence-electron chi connectivity index (χ0n) is 33.0. The zero-order chi connectivity index (χ0) is 39.7. The molecular weight excluding hydrogens is 749 g/mol. The van der Waals surface area contributed by atoms with Crippen molar-refractivity contribution in [1.29, 1.82) is 0 Å². The van der Waals surface area contributed by atoms with Gasteiger partial charge >= 0.3 is 0 Å². The van der Waals surface area contributed by atoms with Crippen LogP contribution in [0.2, 0.25) is 0 Å². The van der Waals surface area contributed by atoms with Crippen LogP contribution in [0.25, 0.3) is 120 Å². The van der Waals surface area contributed by atoms with Crippen LogP contribution in [0.1, 0.15) is 25.0 Å². The maximum absolute atomic E-state index is 6.34. The molecule has 0 fully saturated rings. The molecule has 2 nitrogen and oxygen atoms in total. The van der Waals surface area contributed by atoms with Crippen molar-refractivity contribution >= 4 is 75.4 Å². The van der Waals surface area contributed by atoms with Crippen LogP contribution in [0.4, 0.5) is 0 Å². The SMILES string of the molecule is CC1(C)c2cc(-c3ccc4oc5ccc(-c6ccccc6)cc5c4c3)ccc2-c2c1ccc1sc3ccc(-c4ccc5oc6ccc(-c7ccccc7)cc6c5c4)cc3c21. The first-order valence-corrected chi connectivity index (χ1v) is 21.5. The number of furan rings is 2. The lowest BCUT2D eigenvalue weighted by Gasteiger charge is -2.22. The monoisotopic (exact) mass is 784 g/mol. The third kappa shape index (κ3) is 4.93. The van der Waals surface area contributed by atoms with E-state index in [0.29, 0.717) is 0 Å². The minimum Gasteiger partial charge on any atom is -0.456 e. The molecule has 0 amide bonds. The van der Waals surface area contributed by atoms with E-state index in [-0.39, 0.29) is 5.41 Å². The van der Waals surface area contributed by atoms with Gasteiger partial charge in [-0.3, -0.25) is 0 Å². The standard InChI is InChI=1S/C57H36O2S/c1-57(2)47-20-26-54-56(46-31-39(18-25-53(46)60-54)37-16-23-51-44(29-37)42-27-35(14-21-49(42)58-51)33-9-5-3-6-10-33)55(47)41-19-13-40(32-48(41)57)38-17-24-52-45(30-38)43-28-36(15-22-50(43)59-52)34-11-7-4-8-12-34/h3-32H,1-2H3. The maximum atomic E-state index is 6.34. The van der Waals surface area contributed by atoms with Gasteiger partial charge in [-0.25, -0.2) is 0 Å². The average molecular weight is 785 g/mol. The molecule has 1 aliphatic carbocycles. The van der Waals surface area contributed by atoms with Crippen LogP contribution in [-0.2, 0) is 5.41 Å². The van der Waals surface area contributed by atoms with E-state index in [4.69, 9.17) is 8.83 Å². The van der Waals surface area contributed by atoms with Gasteiger partial charge in [0.25, 0.3) is 0 Å². The van der Waals surface area contributed by atoms with Crippen LogP contribution < -0.4 is 0 Å². The summed E-state index contributed by atoms with van der Waals surface area (Å²) in [5, 5.41) is 7.23. The number of thiophene rings is 1. The van der Waals surface area contributed by atoms with E-state index in [1.807, 2.05) is 11.3 Å². The van der Waals surface area contributed by atoms with Crippen molar-refractivity contribution in [1.82, 2.24) is 0 Å². The first kappa shape index (κ1) is 33.7. The van der Waals surface area contributed by atoms with Crippen molar-refractivity contribution in [2.45, 2.75) is 19.3 Å². The topological polar surface area (TPSA) is 26.3 Å². The van der Waals surface area contributed by atoms with E-state index in [1.165, 1.54) is 86.9 Å². The predicted molar refractivity (Wildman–Crippen MR) is 253 cm³/mol. The van der Waals surface area contributed by atoms with Crippen molar-refractivity contribution in [2.24, 2.45) is 0 Å². The molecule has 3 heteroatoms. The summed E-state index contributed by atoms with van der Waals surface area (Å²) in [5.41, 5.74) is 18.5. The second kappa shape index (κ2) is 12.4. The van der Waals surface area contributed by atoms with Gasteiger partial charge in [0.15, 0.2) is 0 Å². The first-order chi connectivity index (χ1) is 29.4. The van der Waals surface area contributed by atoms with Crippen LogP contribution in [0.3, 0.4) is 0 Å². The Labute approximate surface area is 350 Å². The lowest BCUT2D eigenvalue weighted by Crippen LogP contribution is -2.14. The number of fused-ring (bicyclic) bond motifs is 13. The molecule has 0 atom stereocenters. The van der Waals surface area contributed by atoms with Gasteiger partial charge < -0.3 is 8.83 Å². The van der Waals surface area contributed by atoms with Gasteiger partial charge in [0.1, 0.15) is 22.3 Å². The molecule has 13 rings (SSSR count). The van der Waals surface area contributed by atoms with Gasteiger partial charge in [0.05, 0.1) is 0 Å². The van der Waals surface area contributed by atoms with Crippen LogP contribution in [0.15, 0.2) is 191 Å². The van der Waals surface area contributed by atoms with Gasteiger partial charge in [-0.1, -0.05) is 123 Å². The van der Waals surface area contributed by atoms with Crippen LogP contribution in [0.5, 0.6) is 0 Å². The van der Waals surface area contributed by atoms with E-state index in [2.05, 4.69) is 196 Å². The Hall–Kier alpha value is -7.20. The predicted octanol–water partition coefficient (Wildman–Crippen LogP) is 16.8. The fourth-order valence-corrected chi connectivity index (χ4v) is 11.1. The van der Waals surface area contributed by atoms with E-state index in [9.17, 15) is 0 Å². The molecular formula is C57H36O2S. The Morgan fingerprint density at radius 3 is 1.28 bits per heavy atom. The summed E-state index contributed by atoms with van der Waals surface area (Å²) in [5.74, 6) is 0. The molecule has 3 heterocycles. The van der Waals surface area contributed by atoms with Gasteiger partial charge in [0.2, 0.25) is 0 Å². The molecule has 0 saturated heterocycles. The number of hydrogen-bond donors (Lipinski definition) is 0. The summed E-state index contributed by atoms with van der Waals surface area (Å²) in [6.07, 6.45) is 0. The summed E-state index contributed by atoms with van der Waals surface area (Å²) in [4.78, 5) is 0. The molecule has 0 bridgehead atoms. The fraction of sp³-hybridized carbons (Fsp3) is 0.0526. The van der Waals surface area contributed by atoms with E-state index < -0.39 is 0 Å². The Kier molecular flexibility index (Phi) is 6.98. The van der Waals surface area contributed by atoms with Crippen LogP contribution >= 0.6 is 11.3 Å². The highest BCUT2D eigenvalue weighted by Gasteiger charge is 2.37. The molecule has 0 N–H and O–H groups in total. The maximum Gasteiger partial charge on any atom is 0.135 e. The van der Waals surface area contributed by atoms with Crippen LogP contribution in [-0.4, -0.2) is 0 Å². The third-order valence-corrected chi connectivity index (χ3v) is 14.2. The van der Waals surface area contributed by atoms with Gasteiger partial charge in [-0.05, 0) is 140 Å². The van der Waals surface area contributed by atoms with Crippen molar-refractivity contribution in [3.63, 3.8) is 0 Å². The van der Waals surface area contributed by atoms with Gasteiger partial charge in [-0.2, -0.15) is 0 Å². The zero-order valence-corrected chi connectivity index (χ0v) is 33.9. The third-order valence-electron chi connectivity index (χ3n) is 13.1. The van der Waals surface area contributed by atoms with E-state index >= 15 is 0 Å². The molecule has 0 aliphatic heterocycles. The molecule has 3 aromatic heterocycles. The minimum atomic E-state index is -0.163. The van der Waals surface area contributed by atoms with Crippen molar-refractivity contribution in [3.05, 3.63) is 193 Å². The quantitative estimate of drug-likeness (QED) is 0.178. The van der Waals surface area contributed by atoms with Crippen molar-refractivity contribution in [2.75, 3.05) is 0 Å². The van der Waals surface area contributed by atoms with Crippen molar-refractivity contribution < 1.29 is 8.83 Å². The first-order valence-electron chi connectivity index (χ1n) is 20.6. The number of rotatable bonds is 4. The Balaban J connectivity index is 0.923. The molecule has 0 radical (unpaired) electrons. The Bertz CT molecular complexity index is 3730. The van der Waals surface area contributed by atoms with E-state index in [1.54, 1.807) is 0 Å². The normalized spacial score (nSPS) is 13.3. The summed E-state index contributed by atoms with van der Waals surface area (Å²) >= 11 is 1.89. The highest BCUT2D eigenvalue weighted by molar-refractivity contribution is 7.26. The lowest BCUT2D eigenvalue weighted by molar-refractivity contribution is 0.661. The molecule has 0 spiro atoms. The summed E-state index contributed by atoms with van der Waals surface area (Å²) < 4.78 is 15.3. The van der Waals surface area contributed by atoms with Crippen molar-refractivity contribution in [3.8, 4) is 55.6 Å². The molecule has 9 aromatic carbocycles. The van der Waals surface area contributed by atoms with Gasteiger partial charge in [-0.15, -0.1) is 11.3 Å². The van der Waals surface area contributed by atoms with Gasteiger partial charge in [0, 0.05) is 47.1 Å². The number of hydrogen-bond acceptors (Lipinski definition) is 3. The largest absolute Gasteiger partial charge is 0.456 e. The van der Waals surface area contributed by atoms with E-state index in [0.717, 1.165) is 43.9 Å². The molecule has 282 valence electrons. The molecule has 0 saturated carbocycles. The smallest absolute Gasteiger partial charge is 0.135 e. The lowest BCUT2D eigenvalue weighted by atomic mass is 9.81. The Morgan fingerprint density at radius 1 is 0.350 bits per heavy atom. The summed E-state index contributed by atoms with van der Waals surface area (Å²) in [6, 6.07) is 66.3. The summed E-state index contributed by atoms with van der Waals surface area (Å²) in [6.45, 7) is 4.78.